The summed E-state index contributed by atoms with van der Waals surface area (Å²) in [4.78, 5) is 0. The molecular formula is C7H17BN. The molecule has 0 amide bonds. The summed E-state index contributed by atoms with van der Waals surface area (Å²) >= 11 is 0. The summed E-state index contributed by atoms with van der Waals surface area (Å²) < 4.78 is 0. The lowest BCUT2D eigenvalue weighted by molar-refractivity contribution is 0.669. The number of nitrogens with two attached hydrogens (primary N) is 1. The Morgan fingerprint density at radius 1 is 1.44 bits per heavy atom. The summed E-state index contributed by atoms with van der Waals surface area (Å²) in [6.07, 6.45) is 0. The maximum atomic E-state index is 5.52. The van der Waals surface area contributed by atoms with Gasteiger partial charge in [-0.1, -0.05) is 38.8 Å². The van der Waals surface area contributed by atoms with Crippen molar-refractivity contribution >= 4 is 7.28 Å². The highest BCUT2D eigenvalue weighted by Crippen LogP contribution is 2.24. The molecule has 0 aromatic carbocycles. The van der Waals surface area contributed by atoms with Gasteiger partial charge in [-0.25, -0.2) is 0 Å². The summed E-state index contributed by atoms with van der Waals surface area (Å²) in [5.41, 5.74) is 5.52. The minimum Gasteiger partial charge on any atom is -0.331 e. The highest BCUT2D eigenvalue weighted by atomic mass is 14.6. The van der Waals surface area contributed by atoms with Crippen molar-refractivity contribution in [3.8, 4) is 0 Å². The Hall–Kier alpha value is 0.0249. The van der Waals surface area contributed by atoms with E-state index >= 15 is 0 Å². The Morgan fingerprint density at radius 3 is 2.00 bits per heavy atom. The maximum Gasteiger partial charge on any atom is 0.122 e. The van der Waals surface area contributed by atoms with Gasteiger partial charge in [0.25, 0.3) is 0 Å². The predicted molar refractivity (Wildman–Crippen MR) is 43.9 cm³/mol. The molecule has 0 aliphatic carbocycles. The Bertz CT molecular complexity index is 79.0. The first-order valence-corrected chi connectivity index (χ1v) is 3.54. The molecule has 9 heavy (non-hydrogen) atoms. The van der Waals surface area contributed by atoms with Crippen LogP contribution in [0.5, 0.6) is 0 Å². The third-order valence-electron chi connectivity index (χ3n) is 1.31. The Kier molecular flexibility index (Phi) is 3.27. The molecule has 1 radical (unpaired) electrons. The van der Waals surface area contributed by atoms with Gasteiger partial charge in [0.1, 0.15) is 7.28 Å². The van der Waals surface area contributed by atoms with Crippen LogP contribution in [0, 0.1) is 0 Å². The fraction of sp³-hybridized carbons (Fsp3) is 1.00. The fourth-order valence-electron chi connectivity index (χ4n) is 0.970. The van der Waals surface area contributed by atoms with E-state index in [1.165, 1.54) is 0 Å². The first kappa shape index (κ1) is 9.02. The first-order valence-electron chi connectivity index (χ1n) is 3.54. The first-order chi connectivity index (χ1) is 3.98. The monoisotopic (exact) mass is 126 g/mol. The summed E-state index contributed by atoms with van der Waals surface area (Å²) in [5.74, 6) is 0.642. The van der Waals surface area contributed by atoms with Crippen molar-refractivity contribution < 1.29 is 0 Å². The van der Waals surface area contributed by atoms with E-state index in [2.05, 4.69) is 35.0 Å². The topological polar surface area (TPSA) is 26.0 Å². The van der Waals surface area contributed by atoms with Crippen molar-refractivity contribution in [2.75, 3.05) is 6.54 Å². The third-order valence-corrected chi connectivity index (χ3v) is 1.31. The van der Waals surface area contributed by atoms with Crippen LogP contribution in [0.15, 0.2) is 0 Å². The summed E-state index contributed by atoms with van der Waals surface area (Å²) in [6, 6.07) is 0. The van der Waals surface area contributed by atoms with Gasteiger partial charge < -0.3 is 5.73 Å². The summed E-state index contributed by atoms with van der Waals surface area (Å²) in [5, 5.41) is 0.216. The summed E-state index contributed by atoms with van der Waals surface area (Å²) in [6.45, 7) is 9.42. The van der Waals surface area contributed by atoms with Gasteiger partial charge in [-0.15, -0.1) is 0 Å². The lowest BCUT2D eigenvalue weighted by Crippen LogP contribution is -2.24. The number of hydrogen-bond donors (Lipinski definition) is 1. The Morgan fingerprint density at radius 2 is 1.89 bits per heavy atom. The average molecular weight is 126 g/mol. The van der Waals surface area contributed by atoms with Crippen molar-refractivity contribution in [2.24, 2.45) is 5.73 Å². The molecule has 0 saturated carbocycles. The van der Waals surface area contributed by atoms with E-state index in [0.717, 1.165) is 6.54 Å². The molecule has 0 heterocycles. The molecule has 1 nitrogen and oxygen atoms in total. The van der Waals surface area contributed by atoms with E-state index < -0.39 is 0 Å². The summed E-state index contributed by atoms with van der Waals surface area (Å²) in [7, 11) is 2.28. The minimum atomic E-state index is 0.216. The normalized spacial score (nSPS) is 12.2. The van der Waals surface area contributed by atoms with Gasteiger partial charge in [0.15, 0.2) is 0 Å². The van der Waals surface area contributed by atoms with Gasteiger partial charge in [0, 0.05) is 0 Å². The quantitative estimate of drug-likeness (QED) is 0.572. The molecule has 0 fully saturated rings. The second kappa shape index (κ2) is 3.26. The standard InChI is InChI=1S/C7H17BN/c1-6(2)8-7(3,4)5-9/h6H,5,9H2,1-4H3. The van der Waals surface area contributed by atoms with E-state index in [9.17, 15) is 0 Å². The van der Waals surface area contributed by atoms with Gasteiger partial charge in [-0.05, 0) is 6.54 Å². The average Bonchev–Trinajstić information content (AvgIpc) is 1.63. The third kappa shape index (κ3) is 4.52. The van der Waals surface area contributed by atoms with Gasteiger partial charge >= 0.3 is 0 Å². The van der Waals surface area contributed by atoms with Crippen LogP contribution in [0.2, 0.25) is 11.1 Å². The van der Waals surface area contributed by atoms with Crippen LogP contribution in [-0.4, -0.2) is 13.8 Å². The van der Waals surface area contributed by atoms with Crippen molar-refractivity contribution in [1.82, 2.24) is 0 Å². The van der Waals surface area contributed by atoms with Crippen molar-refractivity contribution in [1.29, 1.82) is 0 Å². The van der Waals surface area contributed by atoms with Gasteiger partial charge in [0.05, 0.1) is 0 Å². The fourth-order valence-corrected chi connectivity index (χ4v) is 0.970. The zero-order chi connectivity index (χ0) is 7.49. The van der Waals surface area contributed by atoms with Crippen LogP contribution >= 0.6 is 0 Å². The van der Waals surface area contributed by atoms with E-state index in [-0.39, 0.29) is 5.31 Å². The highest BCUT2D eigenvalue weighted by Gasteiger charge is 2.17. The smallest absolute Gasteiger partial charge is 0.122 e. The molecule has 2 heteroatoms. The van der Waals surface area contributed by atoms with E-state index in [1.807, 2.05) is 0 Å². The highest BCUT2D eigenvalue weighted by molar-refractivity contribution is 6.41. The van der Waals surface area contributed by atoms with Crippen LogP contribution in [-0.2, 0) is 0 Å². The van der Waals surface area contributed by atoms with Crippen LogP contribution in [0.4, 0.5) is 0 Å². The number of hydrogen-bond acceptors (Lipinski definition) is 1. The van der Waals surface area contributed by atoms with Crippen molar-refractivity contribution in [3.05, 3.63) is 0 Å². The number of rotatable bonds is 3. The lowest BCUT2D eigenvalue weighted by atomic mass is 9.48. The molecule has 0 aliphatic rings. The van der Waals surface area contributed by atoms with E-state index in [4.69, 9.17) is 5.73 Å². The van der Waals surface area contributed by atoms with Gasteiger partial charge in [-0.2, -0.15) is 0 Å². The van der Waals surface area contributed by atoms with Gasteiger partial charge in [0.2, 0.25) is 0 Å². The Balaban J connectivity index is 3.58. The Labute approximate surface area is 59.3 Å². The van der Waals surface area contributed by atoms with Gasteiger partial charge in [-0.3, -0.25) is 0 Å². The molecule has 0 aliphatic heterocycles. The molecule has 0 aromatic heterocycles. The molecule has 0 bridgehead atoms. The molecule has 0 rings (SSSR count). The maximum absolute atomic E-state index is 5.52. The second-order valence-corrected chi connectivity index (χ2v) is 3.60. The molecular weight excluding hydrogens is 109 g/mol. The van der Waals surface area contributed by atoms with E-state index in [0.29, 0.717) is 5.82 Å². The molecule has 0 spiro atoms. The lowest BCUT2D eigenvalue weighted by Gasteiger charge is -2.22. The molecule has 0 saturated heterocycles. The van der Waals surface area contributed by atoms with Crippen LogP contribution in [0.25, 0.3) is 0 Å². The van der Waals surface area contributed by atoms with Crippen molar-refractivity contribution in [3.63, 3.8) is 0 Å². The zero-order valence-corrected chi connectivity index (χ0v) is 6.94. The van der Waals surface area contributed by atoms with Crippen LogP contribution < -0.4 is 5.73 Å². The predicted octanol–water partition coefficient (Wildman–Crippen LogP) is 1.68. The van der Waals surface area contributed by atoms with E-state index in [1.54, 1.807) is 0 Å². The zero-order valence-electron chi connectivity index (χ0n) is 6.94. The molecule has 0 aromatic rings. The van der Waals surface area contributed by atoms with Crippen molar-refractivity contribution in [2.45, 2.75) is 38.8 Å². The molecule has 53 valence electrons. The molecule has 2 N–H and O–H groups in total. The molecule has 0 unspecified atom stereocenters. The van der Waals surface area contributed by atoms with Crippen LogP contribution in [0.3, 0.4) is 0 Å². The van der Waals surface area contributed by atoms with Crippen LogP contribution in [0.1, 0.15) is 27.7 Å². The minimum absolute atomic E-state index is 0.216. The largest absolute Gasteiger partial charge is 0.331 e. The second-order valence-electron chi connectivity index (χ2n) is 3.60. The molecule has 0 atom stereocenters. The SMILES string of the molecule is CC(C)[B]C(C)(C)CN.